The molecule has 1 atom stereocenters. The van der Waals surface area contributed by atoms with Crippen LogP contribution >= 0.6 is 34.8 Å². The number of hydrogen-bond acceptors (Lipinski definition) is 6. The fraction of sp³-hybridized carbons (Fsp3) is 0.500. The van der Waals surface area contributed by atoms with Gasteiger partial charge in [0.15, 0.2) is 6.10 Å². The molecule has 0 radical (unpaired) electrons. The zero-order valence-corrected chi connectivity index (χ0v) is 10.8. The lowest BCUT2D eigenvalue weighted by Crippen LogP contribution is -2.50. The number of esters is 1. The predicted molar refractivity (Wildman–Crippen MR) is 59.5 cm³/mol. The van der Waals surface area contributed by atoms with Crippen molar-refractivity contribution < 1.29 is 34.1 Å². The quantitative estimate of drug-likeness (QED) is 0.299. The minimum atomic E-state index is -2.95. The Kier molecular flexibility index (Phi) is 6.01. The van der Waals surface area contributed by atoms with E-state index in [0.29, 0.717) is 0 Å². The van der Waals surface area contributed by atoms with E-state index in [0.717, 1.165) is 0 Å². The second-order valence-corrected chi connectivity index (χ2v) is 5.62. The van der Waals surface area contributed by atoms with Gasteiger partial charge in [-0.2, -0.15) is 0 Å². The van der Waals surface area contributed by atoms with E-state index in [1.54, 1.807) is 0 Å². The van der Waals surface area contributed by atoms with Gasteiger partial charge in [0.05, 0.1) is 0 Å². The van der Waals surface area contributed by atoms with Crippen LogP contribution in [0.4, 0.5) is 0 Å². The van der Waals surface area contributed by atoms with Crippen molar-refractivity contribution >= 4 is 59.3 Å². The summed E-state index contributed by atoms with van der Waals surface area (Å²) in [7, 11) is 0. The summed E-state index contributed by atoms with van der Waals surface area (Å²) >= 11 is 15.7. The Morgan fingerprint density at radius 1 is 1.22 bits per heavy atom. The largest absolute Gasteiger partial charge is 0.480 e. The summed E-state index contributed by atoms with van der Waals surface area (Å²) in [5.74, 6) is -3.59. The summed E-state index contributed by atoms with van der Waals surface area (Å²) in [5, 5.41) is 18.0. The molecule has 0 aromatic heterocycles. The summed E-state index contributed by atoms with van der Waals surface area (Å²) in [6, 6.07) is 0. The van der Waals surface area contributed by atoms with E-state index in [4.69, 9.17) is 39.9 Å². The highest BCUT2D eigenvalue weighted by molar-refractivity contribution is 6.67. The van der Waals surface area contributed by atoms with Crippen molar-refractivity contribution in [3.8, 4) is 0 Å². The third-order valence-corrected chi connectivity index (χ3v) is 2.14. The molecule has 10 heteroatoms. The lowest BCUT2D eigenvalue weighted by molar-refractivity contribution is -0.174. The van der Waals surface area contributed by atoms with Gasteiger partial charge >= 0.3 is 11.9 Å². The minimum Gasteiger partial charge on any atom is -0.480 e. The molecule has 102 valence electrons. The highest BCUT2D eigenvalue weighted by Gasteiger charge is 2.50. The Bertz CT molecular complexity index is 354. The Labute approximate surface area is 116 Å². The van der Waals surface area contributed by atoms with Gasteiger partial charge in [-0.25, -0.2) is 4.79 Å². The SMILES string of the molecule is O=CC(C=O)(C(=O)O)C(O)C(=O)OCC(Cl)(Cl)Cl. The van der Waals surface area contributed by atoms with Crippen LogP contribution in [-0.4, -0.2) is 51.2 Å². The minimum absolute atomic E-state index is 0.385. The maximum atomic E-state index is 11.2. The standard InChI is InChI=1S/C8H7Cl3O7/c9-8(10,11)3-18-5(15)4(14)7(1-12,2-13)6(16)17/h1-2,4,14H,3H2,(H,16,17). The van der Waals surface area contributed by atoms with Crippen LogP contribution in [0.5, 0.6) is 0 Å². The van der Waals surface area contributed by atoms with E-state index in [2.05, 4.69) is 4.74 Å². The fourth-order valence-corrected chi connectivity index (χ4v) is 0.965. The number of ether oxygens (including phenoxy) is 1. The number of aliphatic carboxylic acids is 1. The smallest absolute Gasteiger partial charge is 0.337 e. The average Bonchev–Trinajstić information content (AvgIpc) is 2.26. The van der Waals surface area contributed by atoms with Gasteiger partial charge in [0.25, 0.3) is 0 Å². The lowest BCUT2D eigenvalue weighted by atomic mass is 9.85. The van der Waals surface area contributed by atoms with Gasteiger partial charge in [-0.1, -0.05) is 34.8 Å². The van der Waals surface area contributed by atoms with Crippen molar-refractivity contribution in [1.29, 1.82) is 0 Å². The second-order valence-electron chi connectivity index (χ2n) is 3.10. The maximum absolute atomic E-state index is 11.2. The Hall–Kier alpha value is -0.890. The molecule has 0 aliphatic rings. The van der Waals surface area contributed by atoms with E-state index >= 15 is 0 Å². The van der Waals surface area contributed by atoms with Crippen molar-refractivity contribution in [3.63, 3.8) is 0 Å². The summed E-state index contributed by atoms with van der Waals surface area (Å²) in [6.45, 7) is -0.791. The number of aldehydes is 2. The van der Waals surface area contributed by atoms with Gasteiger partial charge < -0.3 is 24.5 Å². The molecule has 0 aliphatic carbocycles. The van der Waals surface area contributed by atoms with E-state index in [1.807, 2.05) is 0 Å². The van der Waals surface area contributed by atoms with Gasteiger partial charge in [0, 0.05) is 0 Å². The first-order chi connectivity index (χ1) is 8.10. The number of rotatable bonds is 6. The molecule has 0 saturated carbocycles. The molecule has 2 N–H and O–H groups in total. The van der Waals surface area contributed by atoms with Crippen LogP contribution in [0.15, 0.2) is 0 Å². The van der Waals surface area contributed by atoms with Crippen LogP contribution in [0.2, 0.25) is 0 Å². The van der Waals surface area contributed by atoms with Crippen LogP contribution in [0.3, 0.4) is 0 Å². The van der Waals surface area contributed by atoms with Crippen LogP contribution in [0, 0.1) is 5.41 Å². The molecular formula is C8H7Cl3O7. The maximum Gasteiger partial charge on any atom is 0.337 e. The number of halogens is 3. The highest BCUT2D eigenvalue weighted by Crippen LogP contribution is 2.27. The molecule has 1 unspecified atom stereocenters. The molecule has 0 spiro atoms. The molecule has 0 fully saturated rings. The Morgan fingerprint density at radius 2 is 1.67 bits per heavy atom. The number of carbonyl (C=O) groups excluding carboxylic acids is 3. The van der Waals surface area contributed by atoms with E-state index in [1.165, 1.54) is 0 Å². The first kappa shape index (κ1) is 17.1. The number of aliphatic hydroxyl groups excluding tert-OH is 1. The number of hydrogen-bond donors (Lipinski definition) is 2. The number of carboxylic acid groups (broad SMARTS) is 1. The van der Waals surface area contributed by atoms with Crippen molar-refractivity contribution in [3.05, 3.63) is 0 Å². The summed E-state index contributed by atoms with van der Waals surface area (Å²) < 4.78 is 2.28. The highest BCUT2D eigenvalue weighted by atomic mass is 35.6. The van der Waals surface area contributed by atoms with Gasteiger partial charge in [-0.15, -0.1) is 0 Å². The summed E-state index contributed by atoms with van der Waals surface area (Å²) in [4.78, 5) is 43.1. The molecule has 18 heavy (non-hydrogen) atoms. The van der Waals surface area contributed by atoms with Crippen LogP contribution in [-0.2, 0) is 23.9 Å². The van der Waals surface area contributed by atoms with E-state index in [-0.39, 0.29) is 12.6 Å². The molecule has 0 heterocycles. The van der Waals surface area contributed by atoms with Crippen molar-refractivity contribution in [2.45, 2.75) is 9.90 Å². The van der Waals surface area contributed by atoms with Crippen LogP contribution in [0.25, 0.3) is 0 Å². The van der Waals surface area contributed by atoms with E-state index in [9.17, 15) is 24.3 Å². The van der Waals surface area contributed by atoms with Crippen LogP contribution in [0.1, 0.15) is 0 Å². The normalized spacial score (nSPS) is 13.6. The van der Waals surface area contributed by atoms with Gasteiger partial charge in [-0.3, -0.25) is 4.79 Å². The first-order valence-electron chi connectivity index (χ1n) is 4.18. The second kappa shape index (κ2) is 6.33. The van der Waals surface area contributed by atoms with Crippen molar-refractivity contribution in [2.24, 2.45) is 5.41 Å². The molecule has 0 aliphatic heterocycles. The molecule has 0 bridgehead atoms. The predicted octanol–water partition coefficient (Wildman–Crippen LogP) is -0.271. The summed E-state index contributed by atoms with van der Waals surface area (Å²) in [5.41, 5.74) is -2.95. The van der Waals surface area contributed by atoms with E-state index < -0.39 is 33.9 Å². The molecule has 0 amide bonds. The van der Waals surface area contributed by atoms with Gasteiger partial charge in [0.1, 0.15) is 19.2 Å². The fourth-order valence-electron chi connectivity index (χ4n) is 0.801. The molecule has 0 aromatic carbocycles. The van der Waals surface area contributed by atoms with Crippen molar-refractivity contribution in [1.82, 2.24) is 0 Å². The molecule has 7 nitrogen and oxygen atoms in total. The average molecular weight is 321 g/mol. The number of alkyl halides is 3. The zero-order chi connectivity index (χ0) is 14.6. The lowest BCUT2D eigenvalue weighted by Gasteiger charge is -2.22. The number of aliphatic hydroxyl groups is 1. The zero-order valence-electron chi connectivity index (χ0n) is 8.51. The van der Waals surface area contributed by atoms with Crippen molar-refractivity contribution in [2.75, 3.05) is 6.61 Å². The topological polar surface area (TPSA) is 118 Å². The first-order valence-corrected chi connectivity index (χ1v) is 5.31. The molecular weight excluding hydrogens is 314 g/mol. The van der Waals surface area contributed by atoms with Gasteiger partial charge in [-0.05, 0) is 0 Å². The molecule has 0 aromatic rings. The molecule has 0 saturated heterocycles. The Balaban J connectivity index is 4.95. The molecule has 0 rings (SSSR count). The Morgan fingerprint density at radius 3 is 1.94 bits per heavy atom. The third kappa shape index (κ3) is 4.09. The number of carbonyl (C=O) groups is 4. The monoisotopic (exact) mass is 320 g/mol. The third-order valence-electron chi connectivity index (χ3n) is 1.81. The van der Waals surface area contributed by atoms with Crippen LogP contribution < -0.4 is 0 Å². The van der Waals surface area contributed by atoms with Gasteiger partial charge in [0.2, 0.25) is 9.21 Å². The summed E-state index contributed by atoms with van der Waals surface area (Å²) in [6.07, 6.45) is -3.31. The number of carboxylic acids is 1.